The summed E-state index contributed by atoms with van der Waals surface area (Å²) in [6, 6.07) is 9.35. The van der Waals surface area contributed by atoms with Crippen molar-refractivity contribution in [3.63, 3.8) is 0 Å². The van der Waals surface area contributed by atoms with Crippen LogP contribution in [0.15, 0.2) is 30.3 Å². The van der Waals surface area contributed by atoms with Gasteiger partial charge >= 0.3 is 5.97 Å². The Bertz CT molecular complexity index is 518. The van der Waals surface area contributed by atoms with E-state index in [1.165, 1.54) is 7.11 Å². The molecule has 6 heteroatoms. The maximum atomic E-state index is 12.4. The van der Waals surface area contributed by atoms with E-state index in [-0.39, 0.29) is 24.0 Å². The first-order valence-electron chi connectivity index (χ1n) is 7.85. The lowest BCUT2D eigenvalue weighted by Crippen LogP contribution is -2.43. The van der Waals surface area contributed by atoms with Crippen LogP contribution < -0.4 is 10.6 Å². The van der Waals surface area contributed by atoms with Crippen LogP contribution in [0.3, 0.4) is 0 Å². The second-order valence-corrected chi connectivity index (χ2v) is 6.85. The van der Waals surface area contributed by atoms with Crippen molar-refractivity contribution in [2.75, 3.05) is 25.2 Å². The van der Waals surface area contributed by atoms with E-state index in [1.54, 1.807) is 6.92 Å². The van der Waals surface area contributed by atoms with Gasteiger partial charge in [0.15, 0.2) is 0 Å². The average molecular weight is 336 g/mol. The van der Waals surface area contributed by atoms with Gasteiger partial charge in [0, 0.05) is 30.5 Å². The summed E-state index contributed by atoms with van der Waals surface area (Å²) in [6.45, 7) is 2.71. The number of carbonyl (C=O) groups is 2. The first kappa shape index (κ1) is 17.8. The van der Waals surface area contributed by atoms with Gasteiger partial charge in [0.25, 0.3) is 0 Å². The number of nitrogens with one attached hydrogen (secondary N) is 2. The molecular formula is C17H24N2O3S. The van der Waals surface area contributed by atoms with Gasteiger partial charge in [-0.1, -0.05) is 30.3 Å². The van der Waals surface area contributed by atoms with Crippen molar-refractivity contribution in [3.05, 3.63) is 35.9 Å². The standard InChI is InChI=1S/C17H24N2O3S/c1-12(17(21)22-2)16(13-6-4-3-5-7-13)19-15(20)10-14-11-23-9-8-18-14/h3-7,12,14,16,18H,8-11H2,1-2H3,(H,19,20). The number of hydrogen-bond acceptors (Lipinski definition) is 5. The highest BCUT2D eigenvalue weighted by Crippen LogP contribution is 2.23. The first-order valence-corrected chi connectivity index (χ1v) is 9.00. The molecule has 0 saturated carbocycles. The molecule has 1 saturated heterocycles. The average Bonchev–Trinajstić information content (AvgIpc) is 2.60. The van der Waals surface area contributed by atoms with E-state index in [2.05, 4.69) is 10.6 Å². The van der Waals surface area contributed by atoms with Crippen LogP contribution in [0.4, 0.5) is 0 Å². The molecule has 1 aromatic rings. The summed E-state index contributed by atoms with van der Waals surface area (Å²) in [4.78, 5) is 24.3. The zero-order valence-electron chi connectivity index (χ0n) is 13.6. The fourth-order valence-corrected chi connectivity index (χ4v) is 3.64. The first-order chi connectivity index (χ1) is 11.1. The molecule has 1 aliphatic heterocycles. The zero-order valence-corrected chi connectivity index (χ0v) is 14.4. The molecule has 0 radical (unpaired) electrons. The van der Waals surface area contributed by atoms with Crippen molar-refractivity contribution in [2.24, 2.45) is 5.92 Å². The lowest BCUT2D eigenvalue weighted by molar-refractivity contribution is -0.146. The van der Waals surface area contributed by atoms with Gasteiger partial charge in [-0.3, -0.25) is 9.59 Å². The summed E-state index contributed by atoms with van der Waals surface area (Å²) in [5.74, 6) is 1.21. The molecule has 0 aromatic heterocycles. The lowest BCUT2D eigenvalue weighted by Gasteiger charge is -2.26. The van der Waals surface area contributed by atoms with Crippen molar-refractivity contribution in [1.29, 1.82) is 0 Å². The Morgan fingerprint density at radius 2 is 2.13 bits per heavy atom. The van der Waals surface area contributed by atoms with E-state index < -0.39 is 5.92 Å². The summed E-state index contributed by atoms with van der Waals surface area (Å²) < 4.78 is 4.84. The highest BCUT2D eigenvalue weighted by molar-refractivity contribution is 7.99. The number of amides is 1. The van der Waals surface area contributed by atoms with Crippen LogP contribution in [0.2, 0.25) is 0 Å². The van der Waals surface area contributed by atoms with E-state index in [0.29, 0.717) is 6.42 Å². The van der Waals surface area contributed by atoms with Crippen molar-refractivity contribution in [1.82, 2.24) is 10.6 Å². The van der Waals surface area contributed by atoms with Gasteiger partial charge in [0.05, 0.1) is 19.1 Å². The number of hydrogen-bond donors (Lipinski definition) is 2. The molecular weight excluding hydrogens is 312 g/mol. The number of esters is 1. The van der Waals surface area contributed by atoms with Gasteiger partial charge in [-0.2, -0.15) is 11.8 Å². The number of carbonyl (C=O) groups excluding carboxylic acids is 2. The van der Waals surface area contributed by atoms with Gasteiger partial charge in [-0.05, 0) is 12.5 Å². The molecule has 0 bridgehead atoms. The predicted octanol–water partition coefficient (Wildman–Crippen LogP) is 1.75. The topological polar surface area (TPSA) is 67.4 Å². The Hall–Kier alpha value is -1.53. The maximum Gasteiger partial charge on any atom is 0.310 e. The lowest BCUT2D eigenvalue weighted by atomic mass is 9.94. The largest absolute Gasteiger partial charge is 0.469 e. The molecule has 1 aromatic carbocycles. The summed E-state index contributed by atoms with van der Waals surface area (Å²) in [7, 11) is 1.37. The van der Waals surface area contributed by atoms with Gasteiger partial charge in [-0.25, -0.2) is 0 Å². The minimum Gasteiger partial charge on any atom is -0.469 e. The number of ether oxygens (including phenoxy) is 1. The molecule has 2 N–H and O–H groups in total. The molecule has 0 spiro atoms. The van der Waals surface area contributed by atoms with Crippen LogP contribution >= 0.6 is 11.8 Å². The zero-order chi connectivity index (χ0) is 16.7. The van der Waals surface area contributed by atoms with Crippen molar-refractivity contribution in [3.8, 4) is 0 Å². The molecule has 1 aliphatic rings. The third kappa shape index (κ3) is 5.25. The molecule has 23 heavy (non-hydrogen) atoms. The third-order valence-electron chi connectivity index (χ3n) is 3.98. The van der Waals surface area contributed by atoms with Crippen molar-refractivity contribution in [2.45, 2.75) is 25.4 Å². The SMILES string of the molecule is COC(=O)C(C)C(NC(=O)CC1CSCCN1)c1ccccc1. The fourth-order valence-electron chi connectivity index (χ4n) is 2.69. The molecule has 1 amide bonds. The molecule has 1 fully saturated rings. The van der Waals surface area contributed by atoms with E-state index in [0.717, 1.165) is 23.6 Å². The Balaban J connectivity index is 2.04. The Morgan fingerprint density at radius 1 is 1.39 bits per heavy atom. The van der Waals surface area contributed by atoms with Crippen molar-refractivity contribution >= 4 is 23.6 Å². The van der Waals surface area contributed by atoms with Crippen LogP contribution in [0.1, 0.15) is 24.9 Å². The third-order valence-corrected chi connectivity index (χ3v) is 5.11. The molecule has 5 nitrogen and oxygen atoms in total. The van der Waals surface area contributed by atoms with Gasteiger partial charge in [-0.15, -0.1) is 0 Å². The Kier molecular flexibility index (Phi) is 6.92. The second-order valence-electron chi connectivity index (χ2n) is 5.70. The van der Waals surface area contributed by atoms with Crippen LogP contribution in [-0.4, -0.2) is 43.1 Å². The molecule has 1 heterocycles. The summed E-state index contributed by atoms with van der Waals surface area (Å²) in [5.41, 5.74) is 0.907. The fraction of sp³-hybridized carbons (Fsp3) is 0.529. The highest BCUT2D eigenvalue weighted by Gasteiger charge is 2.28. The number of thioether (sulfide) groups is 1. The summed E-state index contributed by atoms with van der Waals surface area (Å²) in [5, 5.41) is 6.36. The number of rotatable bonds is 6. The maximum absolute atomic E-state index is 12.4. The Labute approximate surface area is 141 Å². The van der Waals surface area contributed by atoms with Crippen LogP contribution in [0.5, 0.6) is 0 Å². The normalized spacial score (nSPS) is 20.3. The monoisotopic (exact) mass is 336 g/mol. The van der Waals surface area contributed by atoms with Crippen LogP contribution in [-0.2, 0) is 14.3 Å². The quantitative estimate of drug-likeness (QED) is 0.775. The molecule has 3 atom stereocenters. The van der Waals surface area contributed by atoms with E-state index in [9.17, 15) is 9.59 Å². The van der Waals surface area contributed by atoms with Crippen molar-refractivity contribution < 1.29 is 14.3 Å². The molecule has 126 valence electrons. The van der Waals surface area contributed by atoms with E-state index >= 15 is 0 Å². The van der Waals surface area contributed by atoms with Gasteiger partial charge in [0.2, 0.25) is 5.91 Å². The molecule has 3 unspecified atom stereocenters. The van der Waals surface area contributed by atoms with Gasteiger partial charge < -0.3 is 15.4 Å². The second kappa shape index (κ2) is 8.93. The predicted molar refractivity (Wildman–Crippen MR) is 92.2 cm³/mol. The number of methoxy groups -OCH3 is 1. The van der Waals surface area contributed by atoms with Gasteiger partial charge in [0.1, 0.15) is 0 Å². The summed E-state index contributed by atoms with van der Waals surface area (Å²) >= 11 is 1.86. The smallest absolute Gasteiger partial charge is 0.310 e. The summed E-state index contributed by atoms with van der Waals surface area (Å²) in [6.07, 6.45) is 0.421. The number of benzene rings is 1. The molecule has 2 rings (SSSR count). The van der Waals surface area contributed by atoms with E-state index in [4.69, 9.17) is 4.74 Å². The minimum absolute atomic E-state index is 0.0467. The highest BCUT2D eigenvalue weighted by atomic mass is 32.2. The van der Waals surface area contributed by atoms with Crippen LogP contribution in [0, 0.1) is 5.92 Å². The van der Waals surface area contributed by atoms with E-state index in [1.807, 2.05) is 42.1 Å². The molecule has 0 aliphatic carbocycles. The minimum atomic E-state index is -0.444. The van der Waals surface area contributed by atoms with Crippen LogP contribution in [0.25, 0.3) is 0 Å². The Morgan fingerprint density at radius 3 is 2.74 bits per heavy atom.